The molecule has 1 amide bonds. The largest absolute Gasteiger partial charge is 0.348 e. The molecule has 0 saturated carbocycles. The van der Waals surface area contributed by atoms with Gasteiger partial charge in [-0.3, -0.25) is 4.79 Å². The fraction of sp³-hybridized carbons (Fsp3) is 0.533. The van der Waals surface area contributed by atoms with Crippen LogP contribution in [0.5, 0.6) is 0 Å². The Balaban J connectivity index is 2.74. The topological polar surface area (TPSA) is 41.1 Å². The van der Waals surface area contributed by atoms with Gasteiger partial charge in [0.05, 0.1) is 11.6 Å². The molecule has 0 heterocycles. The van der Waals surface area contributed by atoms with Gasteiger partial charge in [-0.15, -0.1) is 0 Å². The number of rotatable bonds is 5. The average Bonchev–Trinajstić information content (AvgIpc) is 2.29. The zero-order valence-electron chi connectivity index (χ0n) is 12.0. The Labute approximate surface area is 110 Å². The van der Waals surface area contributed by atoms with E-state index in [-0.39, 0.29) is 11.9 Å². The Bertz CT molecular complexity index is 413. The zero-order valence-corrected chi connectivity index (χ0v) is 12.0. The number of hydrogen-bond acceptors (Lipinski definition) is 2. The minimum Gasteiger partial charge on any atom is -0.348 e. The third-order valence-electron chi connectivity index (χ3n) is 3.19. The van der Waals surface area contributed by atoms with Crippen LogP contribution >= 0.6 is 0 Å². The predicted octanol–water partition coefficient (Wildman–Crippen LogP) is 2.56. The minimum atomic E-state index is -0.536. The fourth-order valence-corrected chi connectivity index (χ4v) is 2.05. The summed E-state index contributed by atoms with van der Waals surface area (Å²) in [7, 11) is 0. The highest BCUT2D eigenvalue weighted by atomic mass is 16.2. The maximum absolute atomic E-state index is 12.2. The highest BCUT2D eigenvalue weighted by Crippen LogP contribution is 2.17. The van der Waals surface area contributed by atoms with Crippen LogP contribution in [0.4, 0.5) is 0 Å². The van der Waals surface area contributed by atoms with Crippen molar-refractivity contribution in [3.63, 3.8) is 0 Å². The van der Waals surface area contributed by atoms with Crippen molar-refractivity contribution in [2.75, 3.05) is 6.54 Å². The van der Waals surface area contributed by atoms with Gasteiger partial charge >= 0.3 is 0 Å². The summed E-state index contributed by atoms with van der Waals surface area (Å²) in [6, 6.07) is 8.15. The number of carbonyl (C=O) groups excluding carboxylic acids is 1. The molecule has 0 radical (unpaired) electrons. The molecule has 3 nitrogen and oxygen atoms in total. The molecule has 1 atom stereocenters. The number of benzene rings is 1. The van der Waals surface area contributed by atoms with Crippen LogP contribution in [-0.4, -0.2) is 18.0 Å². The van der Waals surface area contributed by atoms with Crippen molar-refractivity contribution in [1.82, 2.24) is 10.6 Å². The van der Waals surface area contributed by atoms with Crippen LogP contribution in [0, 0.1) is 6.92 Å². The van der Waals surface area contributed by atoms with Gasteiger partial charge in [0.25, 0.3) is 0 Å². The standard InChI is InChI=1S/C15H24N2O/c1-6-16-15(4,5)14(18)17-12(3)13-10-8-7-9-11(13)2/h7-10,12,16H,6H2,1-5H3,(H,17,18)/t12-/m1/s1. The van der Waals surface area contributed by atoms with E-state index in [0.717, 1.165) is 12.1 Å². The number of aryl methyl sites for hydroxylation is 1. The highest BCUT2D eigenvalue weighted by molar-refractivity contribution is 5.85. The molecule has 1 rings (SSSR count). The summed E-state index contributed by atoms with van der Waals surface area (Å²) in [4.78, 5) is 12.2. The summed E-state index contributed by atoms with van der Waals surface area (Å²) in [6.07, 6.45) is 0. The molecule has 0 aliphatic rings. The molecule has 3 heteroatoms. The fourth-order valence-electron chi connectivity index (χ4n) is 2.05. The van der Waals surface area contributed by atoms with E-state index in [1.54, 1.807) is 0 Å². The van der Waals surface area contributed by atoms with Crippen molar-refractivity contribution in [3.05, 3.63) is 35.4 Å². The molecule has 0 aromatic heterocycles. The summed E-state index contributed by atoms with van der Waals surface area (Å²) < 4.78 is 0. The second kappa shape index (κ2) is 6.01. The molecule has 0 fully saturated rings. The van der Waals surface area contributed by atoms with E-state index in [1.165, 1.54) is 5.56 Å². The normalized spacial score (nSPS) is 13.2. The predicted molar refractivity (Wildman–Crippen MR) is 75.5 cm³/mol. The molecule has 0 saturated heterocycles. The Morgan fingerprint density at radius 3 is 2.50 bits per heavy atom. The van der Waals surface area contributed by atoms with Gasteiger partial charge < -0.3 is 10.6 Å². The number of amides is 1. The summed E-state index contributed by atoms with van der Waals surface area (Å²) in [5.41, 5.74) is 1.83. The zero-order chi connectivity index (χ0) is 13.8. The Morgan fingerprint density at radius 2 is 1.94 bits per heavy atom. The Kier molecular flexibility index (Phi) is 4.91. The number of carbonyl (C=O) groups is 1. The lowest BCUT2D eigenvalue weighted by molar-refractivity contribution is -0.127. The minimum absolute atomic E-state index is 0.0247. The third kappa shape index (κ3) is 3.57. The van der Waals surface area contributed by atoms with E-state index in [9.17, 15) is 4.79 Å². The van der Waals surface area contributed by atoms with Crippen molar-refractivity contribution in [2.45, 2.75) is 46.2 Å². The van der Waals surface area contributed by atoms with Gasteiger partial charge in [0.1, 0.15) is 0 Å². The van der Waals surface area contributed by atoms with E-state index < -0.39 is 5.54 Å². The van der Waals surface area contributed by atoms with Crippen LogP contribution in [0.2, 0.25) is 0 Å². The molecule has 0 bridgehead atoms. The van der Waals surface area contributed by atoms with Gasteiger partial charge in [-0.25, -0.2) is 0 Å². The van der Waals surface area contributed by atoms with Crippen molar-refractivity contribution in [3.8, 4) is 0 Å². The Morgan fingerprint density at radius 1 is 1.33 bits per heavy atom. The van der Waals surface area contributed by atoms with Crippen molar-refractivity contribution >= 4 is 5.91 Å². The van der Waals surface area contributed by atoms with Crippen LogP contribution in [0.1, 0.15) is 44.9 Å². The molecule has 0 aliphatic carbocycles. The first-order valence-corrected chi connectivity index (χ1v) is 6.50. The molecular weight excluding hydrogens is 224 g/mol. The molecule has 18 heavy (non-hydrogen) atoms. The molecule has 1 aromatic carbocycles. The molecule has 0 aliphatic heterocycles. The molecular formula is C15H24N2O. The lowest BCUT2D eigenvalue weighted by atomic mass is 10.00. The van der Waals surface area contributed by atoms with Crippen LogP contribution < -0.4 is 10.6 Å². The van der Waals surface area contributed by atoms with Gasteiger partial charge in [0.2, 0.25) is 5.91 Å². The maximum atomic E-state index is 12.2. The van der Waals surface area contributed by atoms with Gasteiger partial charge in [-0.2, -0.15) is 0 Å². The van der Waals surface area contributed by atoms with Crippen molar-refractivity contribution in [1.29, 1.82) is 0 Å². The van der Waals surface area contributed by atoms with Gasteiger partial charge in [0, 0.05) is 0 Å². The van der Waals surface area contributed by atoms with E-state index in [4.69, 9.17) is 0 Å². The first-order valence-electron chi connectivity index (χ1n) is 6.50. The SMILES string of the molecule is CCNC(C)(C)C(=O)N[C@H](C)c1ccccc1C. The van der Waals surface area contributed by atoms with Gasteiger partial charge in [-0.1, -0.05) is 31.2 Å². The summed E-state index contributed by atoms with van der Waals surface area (Å²) in [5, 5.41) is 6.24. The van der Waals surface area contributed by atoms with E-state index in [1.807, 2.05) is 39.8 Å². The van der Waals surface area contributed by atoms with E-state index in [2.05, 4.69) is 29.7 Å². The van der Waals surface area contributed by atoms with Crippen molar-refractivity contribution in [2.24, 2.45) is 0 Å². The van der Waals surface area contributed by atoms with Crippen LogP contribution in [0.25, 0.3) is 0 Å². The first-order chi connectivity index (χ1) is 8.38. The van der Waals surface area contributed by atoms with Crippen LogP contribution in [0.15, 0.2) is 24.3 Å². The third-order valence-corrected chi connectivity index (χ3v) is 3.19. The monoisotopic (exact) mass is 248 g/mol. The highest BCUT2D eigenvalue weighted by Gasteiger charge is 2.27. The molecule has 2 N–H and O–H groups in total. The van der Waals surface area contributed by atoms with Crippen LogP contribution in [0.3, 0.4) is 0 Å². The van der Waals surface area contributed by atoms with E-state index in [0.29, 0.717) is 0 Å². The molecule has 0 spiro atoms. The quantitative estimate of drug-likeness (QED) is 0.841. The smallest absolute Gasteiger partial charge is 0.240 e. The van der Waals surface area contributed by atoms with Crippen molar-refractivity contribution < 1.29 is 4.79 Å². The summed E-state index contributed by atoms with van der Waals surface area (Å²) >= 11 is 0. The molecule has 100 valence electrons. The Hall–Kier alpha value is -1.35. The summed E-state index contributed by atoms with van der Waals surface area (Å²) in [5.74, 6) is 0.0279. The second-order valence-corrected chi connectivity index (χ2v) is 5.21. The lowest BCUT2D eigenvalue weighted by Gasteiger charge is -2.27. The maximum Gasteiger partial charge on any atom is 0.240 e. The number of likely N-dealkylation sites (N-methyl/N-ethyl adjacent to an activating group) is 1. The summed E-state index contributed by atoms with van der Waals surface area (Å²) in [6.45, 7) is 10.7. The molecule has 1 aromatic rings. The second-order valence-electron chi connectivity index (χ2n) is 5.21. The first kappa shape index (κ1) is 14.7. The van der Waals surface area contributed by atoms with E-state index >= 15 is 0 Å². The van der Waals surface area contributed by atoms with Crippen LogP contribution in [-0.2, 0) is 4.79 Å². The molecule has 0 unspecified atom stereocenters. The van der Waals surface area contributed by atoms with Gasteiger partial charge in [-0.05, 0) is 45.4 Å². The average molecular weight is 248 g/mol. The lowest BCUT2D eigenvalue weighted by Crippen LogP contribution is -2.53. The number of hydrogen-bond donors (Lipinski definition) is 2. The van der Waals surface area contributed by atoms with Gasteiger partial charge in [0.15, 0.2) is 0 Å². The number of nitrogens with one attached hydrogen (secondary N) is 2.